The van der Waals surface area contributed by atoms with E-state index in [1.165, 1.54) is 85.0 Å². The zero-order chi connectivity index (χ0) is 24.2. The number of aryl methyl sites for hydroxylation is 1. The first kappa shape index (κ1) is 28.4. The molecular formula is C33H38Cl2N2O. The smallest absolute Gasteiger partial charge is 0.120 e. The fraction of sp³-hybridized carbons (Fsp3) is 0.333. The van der Waals surface area contributed by atoms with Gasteiger partial charge in [0, 0.05) is 39.3 Å². The van der Waals surface area contributed by atoms with Crippen molar-refractivity contribution in [2.24, 2.45) is 5.92 Å². The summed E-state index contributed by atoms with van der Waals surface area (Å²) in [5.74, 6) is 1.76. The van der Waals surface area contributed by atoms with Crippen LogP contribution in [0.4, 0.5) is 0 Å². The maximum Gasteiger partial charge on any atom is 0.120 e. The van der Waals surface area contributed by atoms with Crippen LogP contribution in [0.25, 0.3) is 10.8 Å². The van der Waals surface area contributed by atoms with Crippen molar-refractivity contribution in [1.29, 1.82) is 0 Å². The van der Waals surface area contributed by atoms with Gasteiger partial charge in [-0.3, -0.25) is 4.90 Å². The molecule has 6 rings (SSSR count). The van der Waals surface area contributed by atoms with Gasteiger partial charge in [-0.25, -0.2) is 0 Å². The van der Waals surface area contributed by atoms with E-state index in [2.05, 4.69) is 101 Å². The van der Waals surface area contributed by atoms with Crippen molar-refractivity contribution in [1.82, 2.24) is 9.80 Å². The zero-order valence-electron chi connectivity index (χ0n) is 21.9. The highest BCUT2D eigenvalue weighted by molar-refractivity contribution is 5.85. The van der Waals surface area contributed by atoms with E-state index in [0.29, 0.717) is 6.61 Å². The van der Waals surface area contributed by atoms with Crippen LogP contribution >= 0.6 is 24.8 Å². The molecule has 5 heteroatoms. The summed E-state index contributed by atoms with van der Waals surface area (Å²) in [6.45, 7) is 7.67. The molecule has 0 aromatic heterocycles. The summed E-state index contributed by atoms with van der Waals surface area (Å²) < 4.78 is 6.20. The SMILES string of the molecule is Cl.Cl.c1ccc(CN2CCN(CC3CCc4cc(OCc5ccc6ccccc6c5)ccc4C3)CC2)cc1. The molecule has 1 saturated heterocycles. The number of benzene rings is 4. The topological polar surface area (TPSA) is 15.7 Å². The number of rotatable bonds is 7. The summed E-state index contributed by atoms with van der Waals surface area (Å²) in [5.41, 5.74) is 5.65. The van der Waals surface area contributed by atoms with E-state index in [0.717, 1.165) is 18.2 Å². The molecule has 1 aliphatic carbocycles. The lowest BCUT2D eigenvalue weighted by atomic mass is 9.83. The highest BCUT2D eigenvalue weighted by Crippen LogP contribution is 2.30. The van der Waals surface area contributed by atoms with E-state index < -0.39 is 0 Å². The van der Waals surface area contributed by atoms with Crippen molar-refractivity contribution >= 4 is 35.6 Å². The van der Waals surface area contributed by atoms with E-state index in [9.17, 15) is 0 Å². The normalized spacial score (nSPS) is 17.7. The Bertz CT molecular complexity index is 1300. The predicted molar refractivity (Wildman–Crippen MR) is 163 cm³/mol. The second kappa shape index (κ2) is 13.5. The number of hydrogen-bond donors (Lipinski definition) is 0. The van der Waals surface area contributed by atoms with Crippen molar-refractivity contribution in [3.05, 3.63) is 113 Å². The Morgan fingerprint density at radius 2 is 1.39 bits per heavy atom. The molecule has 0 saturated carbocycles. The Hall–Kier alpha value is -2.56. The van der Waals surface area contributed by atoms with Crippen molar-refractivity contribution in [2.45, 2.75) is 32.4 Å². The van der Waals surface area contributed by atoms with Crippen molar-refractivity contribution in [3.8, 4) is 5.75 Å². The maximum absolute atomic E-state index is 6.20. The largest absolute Gasteiger partial charge is 0.489 e. The molecule has 1 heterocycles. The van der Waals surface area contributed by atoms with Gasteiger partial charge in [-0.05, 0) is 76.4 Å². The van der Waals surface area contributed by atoms with Gasteiger partial charge in [0.05, 0.1) is 0 Å². The Morgan fingerprint density at radius 3 is 2.21 bits per heavy atom. The van der Waals surface area contributed by atoms with Gasteiger partial charge < -0.3 is 9.64 Å². The second-order valence-corrected chi connectivity index (χ2v) is 10.6. The van der Waals surface area contributed by atoms with E-state index in [-0.39, 0.29) is 24.8 Å². The number of halogens is 2. The molecule has 3 nitrogen and oxygen atoms in total. The molecule has 1 unspecified atom stereocenters. The molecule has 1 fully saturated rings. The summed E-state index contributed by atoms with van der Waals surface area (Å²) in [4.78, 5) is 5.29. The van der Waals surface area contributed by atoms with Gasteiger partial charge >= 0.3 is 0 Å². The second-order valence-electron chi connectivity index (χ2n) is 10.6. The molecule has 200 valence electrons. The molecule has 0 N–H and O–H groups in total. The minimum Gasteiger partial charge on any atom is -0.489 e. The van der Waals surface area contributed by atoms with Crippen LogP contribution in [0.2, 0.25) is 0 Å². The lowest BCUT2D eigenvalue weighted by Crippen LogP contribution is -2.47. The maximum atomic E-state index is 6.20. The fourth-order valence-corrected chi connectivity index (χ4v) is 5.88. The quantitative estimate of drug-likeness (QED) is 0.243. The van der Waals surface area contributed by atoms with Crippen LogP contribution in [-0.4, -0.2) is 42.5 Å². The van der Waals surface area contributed by atoms with Crippen molar-refractivity contribution in [3.63, 3.8) is 0 Å². The van der Waals surface area contributed by atoms with Gasteiger partial charge in [0.15, 0.2) is 0 Å². The molecule has 38 heavy (non-hydrogen) atoms. The lowest BCUT2D eigenvalue weighted by molar-refractivity contribution is 0.110. The number of hydrogen-bond acceptors (Lipinski definition) is 3. The third kappa shape index (κ3) is 7.09. The highest BCUT2D eigenvalue weighted by Gasteiger charge is 2.24. The lowest BCUT2D eigenvalue weighted by Gasteiger charge is -2.37. The van der Waals surface area contributed by atoms with Crippen LogP contribution in [0, 0.1) is 5.92 Å². The van der Waals surface area contributed by atoms with E-state index in [4.69, 9.17) is 4.74 Å². The number of fused-ring (bicyclic) bond motifs is 2. The molecule has 0 amide bonds. The van der Waals surface area contributed by atoms with Crippen molar-refractivity contribution in [2.75, 3.05) is 32.7 Å². The van der Waals surface area contributed by atoms with Gasteiger partial charge in [-0.2, -0.15) is 0 Å². The van der Waals surface area contributed by atoms with E-state index in [1.54, 1.807) is 0 Å². The van der Waals surface area contributed by atoms with Crippen molar-refractivity contribution < 1.29 is 4.74 Å². The Balaban J connectivity index is 0.00000168. The molecular weight excluding hydrogens is 511 g/mol. The van der Waals surface area contributed by atoms with Crippen LogP contribution in [0.1, 0.15) is 28.7 Å². The summed E-state index contributed by atoms with van der Waals surface area (Å²) in [6, 6.07) is 32.7. The summed E-state index contributed by atoms with van der Waals surface area (Å²) in [7, 11) is 0. The molecule has 4 aromatic rings. The van der Waals surface area contributed by atoms with Gasteiger partial charge in [-0.15, -0.1) is 24.8 Å². The first-order chi connectivity index (χ1) is 17.8. The van der Waals surface area contributed by atoms with Crippen LogP contribution in [0.5, 0.6) is 5.75 Å². The standard InChI is InChI=1S/C33H36N2O.2ClH/c1-2-6-26(7-3-1)23-34-16-18-35(19-17-34)24-27-10-13-32-22-33(15-14-31(32)20-27)36-25-28-11-12-29-8-4-5-9-30(29)21-28;;/h1-9,11-12,14-15,21-22,27H,10,13,16-20,23-25H2;2*1H. The van der Waals surface area contributed by atoms with Gasteiger partial charge in [0.2, 0.25) is 0 Å². The highest BCUT2D eigenvalue weighted by atomic mass is 35.5. The van der Waals surface area contributed by atoms with Gasteiger partial charge in [0.1, 0.15) is 12.4 Å². The molecule has 0 spiro atoms. The summed E-state index contributed by atoms with van der Waals surface area (Å²) >= 11 is 0. The molecule has 2 aliphatic rings. The van der Waals surface area contributed by atoms with Gasteiger partial charge in [0.25, 0.3) is 0 Å². The molecule has 0 bridgehead atoms. The average molecular weight is 550 g/mol. The van der Waals surface area contributed by atoms with Crippen LogP contribution < -0.4 is 4.74 Å². The Morgan fingerprint density at radius 1 is 0.658 bits per heavy atom. The number of ether oxygens (including phenoxy) is 1. The minimum atomic E-state index is 0. The third-order valence-electron chi connectivity index (χ3n) is 7.96. The first-order valence-corrected chi connectivity index (χ1v) is 13.5. The van der Waals surface area contributed by atoms with E-state index >= 15 is 0 Å². The molecule has 1 aliphatic heterocycles. The number of piperazine rings is 1. The third-order valence-corrected chi connectivity index (χ3v) is 7.96. The minimum absolute atomic E-state index is 0. The number of nitrogens with zero attached hydrogens (tertiary/aromatic N) is 2. The predicted octanol–water partition coefficient (Wildman–Crippen LogP) is 7.19. The van der Waals surface area contributed by atoms with E-state index in [1.807, 2.05) is 0 Å². The Labute approximate surface area is 239 Å². The summed E-state index contributed by atoms with van der Waals surface area (Å²) in [5, 5.41) is 2.55. The van der Waals surface area contributed by atoms with Crippen LogP contribution in [-0.2, 0) is 26.0 Å². The summed E-state index contributed by atoms with van der Waals surface area (Å²) in [6.07, 6.45) is 3.65. The Kier molecular flexibility index (Phi) is 10.1. The fourth-order valence-electron chi connectivity index (χ4n) is 5.88. The average Bonchev–Trinajstić information content (AvgIpc) is 2.93. The first-order valence-electron chi connectivity index (χ1n) is 13.5. The monoisotopic (exact) mass is 548 g/mol. The van der Waals surface area contributed by atoms with Crippen LogP contribution in [0.3, 0.4) is 0 Å². The zero-order valence-corrected chi connectivity index (χ0v) is 23.6. The van der Waals surface area contributed by atoms with Gasteiger partial charge in [-0.1, -0.05) is 72.8 Å². The molecule has 1 atom stereocenters. The molecule has 4 aromatic carbocycles. The van der Waals surface area contributed by atoms with Crippen LogP contribution in [0.15, 0.2) is 91.0 Å². The molecule has 0 radical (unpaired) electrons.